The van der Waals surface area contributed by atoms with Gasteiger partial charge in [0.15, 0.2) is 11.4 Å². The van der Waals surface area contributed by atoms with Crippen molar-refractivity contribution in [3.05, 3.63) is 97.6 Å². The maximum Gasteiger partial charge on any atom is 0.343 e. The molecule has 7 rings (SSSR count). The van der Waals surface area contributed by atoms with Crippen molar-refractivity contribution in [2.75, 3.05) is 6.54 Å². The molecule has 1 amide bonds. The summed E-state index contributed by atoms with van der Waals surface area (Å²) in [6, 6.07) is 11.0. The van der Waals surface area contributed by atoms with Gasteiger partial charge in [0, 0.05) is 60.7 Å². The average Bonchev–Trinajstić information content (AvgIpc) is 3.57. The van der Waals surface area contributed by atoms with Crippen LogP contribution in [0.3, 0.4) is 0 Å². The summed E-state index contributed by atoms with van der Waals surface area (Å²) >= 11 is 0. The number of hydrogen-bond donors (Lipinski definition) is 3. The second-order valence-electron chi connectivity index (χ2n) is 15.0. The van der Waals surface area contributed by atoms with E-state index in [9.17, 15) is 33.9 Å². The van der Waals surface area contributed by atoms with Crippen molar-refractivity contribution < 1.29 is 38.2 Å². The molecule has 292 valence electrons. The van der Waals surface area contributed by atoms with Crippen LogP contribution in [0.1, 0.15) is 104 Å². The number of aliphatic hydroxyl groups is 1. The number of aryl methyl sites for hydroxylation is 1. The van der Waals surface area contributed by atoms with E-state index in [-0.39, 0.29) is 92.7 Å². The van der Waals surface area contributed by atoms with E-state index < -0.39 is 34.9 Å². The lowest BCUT2D eigenvalue weighted by Crippen LogP contribution is -2.44. The highest BCUT2D eigenvalue weighted by Crippen LogP contribution is 2.46. The third kappa shape index (κ3) is 7.09. The minimum atomic E-state index is -2.00. The number of nitrogens with zero attached hydrogens (tertiary/aromatic N) is 2. The monoisotopic (exact) mass is 764 g/mol. The summed E-state index contributed by atoms with van der Waals surface area (Å²) in [6.07, 6.45) is 1.54. The van der Waals surface area contributed by atoms with Crippen LogP contribution in [0, 0.1) is 12.7 Å². The van der Waals surface area contributed by atoms with Crippen LogP contribution >= 0.6 is 0 Å². The molecule has 4 aromatic rings. The summed E-state index contributed by atoms with van der Waals surface area (Å²) in [5.74, 6) is -2.17. The first-order chi connectivity index (χ1) is 26.8. The fraction of sp³-hybridized carbons (Fsp3) is 0.419. The molecule has 13 heteroatoms. The van der Waals surface area contributed by atoms with E-state index in [0.717, 1.165) is 27.6 Å². The van der Waals surface area contributed by atoms with Gasteiger partial charge in [0.25, 0.3) is 5.56 Å². The zero-order valence-electron chi connectivity index (χ0n) is 31.8. The van der Waals surface area contributed by atoms with Crippen LogP contribution in [0.5, 0.6) is 0 Å². The molecule has 56 heavy (non-hydrogen) atoms. The Kier molecular flexibility index (Phi) is 10.8. The van der Waals surface area contributed by atoms with Crippen LogP contribution in [-0.2, 0) is 60.3 Å². The van der Waals surface area contributed by atoms with Crippen molar-refractivity contribution in [2.45, 2.75) is 109 Å². The smallest absolute Gasteiger partial charge is 0.343 e. The standard InChI is InChI=1S/C43H45FN4O8/c1-4-25(49)12-16-37(52)46-33(17-24-9-7-6-8-10-24)36(51)15-11-26(50)20-45-32-14-13-27-23(3)31(44)19-34-38(27)39(32)28-21-48-35(40(28)47-34)18-30-29(41(48)53)22-56-42(54)43(30,55)5-2/h6-10,18-19,32-33,45,55H,4-5,11-17,20-22H2,1-3H3,(H,46,52)/t32-,33-,43-/m0/s1. The Morgan fingerprint density at radius 1 is 1.02 bits per heavy atom. The normalized spacial score (nSPS) is 18.4. The van der Waals surface area contributed by atoms with Crippen molar-refractivity contribution in [3.63, 3.8) is 0 Å². The van der Waals surface area contributed by atoms with Gasteiger partial charge in [0.1, 0.15) is 24.0 Å². The van der Waals surface area contributed by atoms with E-state index in [1.54, 1.807) is 31.4 Å². The number of Topliss-reactive ketones (excluding diaryl/α,β-unsaturated/α-hetero) is 3. The lowest BCUT2D eigenvalue weighted by Gasteiger charge is -2.31. The number of carbonyl (C=O) groups excluding carboxylic acids is 5. The van der Waals surface area contributed by atoms with Crippen LogP contribution in [0.4, 0.5) is 4.39 Å². The van der Waals surface area contributed by atoms with Gasteiger partial charge < -0.3 is 25.0 Å². The minimum Gasteiger partial charge on any atom is -0.458 e. The summed E-state index contributed by atoms with van der Waals surface area (Å²) in [4.78, 5) is 82.9. The maximum absolute atomic E-state index is 15.3. The molecule has 3 atom stereocenters. The number of halogens is 1. The van der Waals surface area contributed by atoms with E-state index in [1.807, 2.05) is 30.3 Å². The highest BCUT2D eigenvalue weighted by molar-refractivity contribution is 5.95. The van der Waals surface area contributed by atoms with Gasteiger partial charge in [-0.25, -0.2) is 14.2 Å². The number of hydrogen-bond acceptors (Lipinski definition) is 10. The zero-order valence-corrected chi connectivity index (χ0v) is 31.8. The van der Waals surface area contributed by atoms with E-state index >= 15 is 4.39 Å². The molecule has 2 aromatic heterocycles. The number of pyridine rings is 2. The highest BCUT2D eigenvalue weighted by atomic mass is 19.1. The SMILES string of the molecule is CCC(=O)CCC(=O)N[C@@H](Cc1ccccc1)C(=O)CCC(=O)CN[C@H]1CCc2c(C)c(F)cc3nc4c(c1c23)Cn1c-4cc2c(c1=O)COC(=O)[C@]2(O)CC. The fourth-order valence-corrected chi connectivity index (χ4v) is 8.31. The van der Waals surface area contributed by atoms with Crippen molar-refractivity contribution in [3.8, 4) is 11.4 Å². The molecule has 4 heterocycles. The Labute approximate surface area is 322 Å². The van der Waals surface area contributed by atoms with Gasteiger partial charge in [-0.1, -0.05) is 44.2 Å². The maximum atomic E-state index is 15.3. The summed E-state index contributed by atoms with van der Waals surface area (Å²) in [7, 11) is 0. The van der Waals surface area contributed by atoms with Crippen molar-refractivity contribution in [2.24, 2.45) is 0 Å². The van der Waals surface area contributed by atoms with Crippen LogP contribution in [0.25, 0.3) is 22.3 Å². The van der Waals surface area contributed by atoms with E-state index in [4.69, 9.17) is 9.72 Å². The van der Waals surface area contributed by atoms with Crippen LogP contribution in [0.15, 0.2) is 47.3 Å². The molecular weight excluding hydrogens is 719 g/mol. The van der Waals surface area contributed by atoms with Gasteiger partial charge in [0.05, 0.1) is 41.6 Å². The number of carbonyl (C=O) groups is 5. The van der Waals surface area contributed by atoms with Gasteiger partial charge in [-0.2, -0.15) is 0 Å². The number of nitrogens with one attached hydrogen (secondary N) is 2. The first-order valence-electron chi connectivity index (χ1n) is 19.3. The van der Waals surface area contributed by atoms with E-state index in [0.29, 0.717) is 41.7 Å². The third-order valence-electron chi connectivity index (χ3n) is 11.6. The third-order valence-corrected chi connectivity index (χ3v) is 11.6. The molecule has 0 radical (unpaired) electrons. The fourth-order valence-electron chi connectivity index (χ4n) is 8.31. The van der Waals surface area contributed by atoms with Crippen LogP contribution in [0.2, 0.25) is 0 Å². The van der Waals surface area contributed by atoms with E-state index in [1.165, 1.54) is 6.07 Å². The number of esters is 1. The molecule has 3 aliphatic rings. The molecular formula is C43H45FN4O8. The Morgan fingerprint density at radius 3 is 2.50 bits per heavy atom. The number of ether oxygens (including phenoxy) is 1. The molecule has 0 unspecified atom stereocenters. The lowest BCUT2D eigenvalue weighted by atomic mass is 9.81. The predicted molar refractivity (Wildman–Crippen MR) is 204 cm³/mol. The Hall–Kier alpha value is -5.40. The molecule has 3 N–H and O–H groups in total. The quantitative estimate of drug-likeness (QED) is 0.129. The molecule has 1 aliphatic carbocycles. The van der Waals surface area contributed by atoms with Crippen LogP contribution < -0.4 is 16.2 Å². The van der Waals surface area contributed by atoms with Gasteiger partial charge in [-0.3, -0.25) is 24.0 Å². The zero-order chi connectivity index (χ0) is 39.9. The lowest BCUT2D eigenvalue weighted by molar-refractivity contribution is -0.172. The first-order valence-corrected chi connectivity index (χ1v) is 19.3. The Balaban J connectivity index is 1.13. The first kappa shape index (κ1) is 38.9. The molecule has 12 nitrogen and oxygen atoms in total. The summed E-state index contributed by atoms with van der Waals surface area (Å²) in [5, 5.41) is 18.3. The van der Waals surface area contributed by atoms with Gasteiger partial charge >= 0.3 is 5.97 Å². The van der Waals surface area contributed by atoms with Gasteiger partial charge in [0.2, 0.25) is 5.91 Å². The number of cyclic esters (lactones) is 1. The number of amides is 1. The molecule has 0 fully saturated rings. The van der Waals surface area contributed by atoms with Gasteiger partial charge in [-0.05, 0) is 60.9 Å². The molecule has 0 bridgehead atoms. The second kappa shape index (κ2) is 15.6. The molecule has 0 saturated heterocycles. The number of rotatable bonds is 15. The second-order valence-corrected chi connectivity index (χ2v) is 15.0. The summed E-state index contributed by atoms with van der Waals surface area (Å²) in [6.45, 7) is 4.90. The minimum absolute atomic E-state index is 0.00597. The Morgan fingerprint density at radius 2 is 1.77 bits per heavy atom. The molecule has 2 aromatic carbocycles. The topological polar surface area (TPSA) is 174 Å². The molecule has 2 aliphatic heterocycles. The predicted octanol–water partition coefficient (Wildman–Crippen LogP) is 4.51. The van der Waals surface area contributed by atoms with Crippen molar-refractivity contribution in [1.82, 2.24) is 20.2 Å². The average molecular weight is 765 g/mol. The van der Waals surface area contributed by atoms with Crippen LogP contribution in [-0.4, -0.2) is 56.5 Å². The van der Waals surface area contributed by atoms with Gasteiger partial charge in [-0.15, -0.1) is 0 Å². The summed E-state index contributed by atoms with van der Waals surface area (Å²) < 4.78 is 22.1. The molecule has 0 saturated carbocycles. The number of fused-ring (bicyclic) bond motifs is 5. The van der Waals surface area contributed by atoms with E-state index in [2.05, 4.69) is 10.6 Å². The number of ketones is 3. The van der Waals surface area contributed by atoms with Crippen molar-refractivity contribution >= 4 is 40.1 Å². The molecule has 0 spiro atoms. The number of aromatic nitrogens is 2. The van der Waals surface area contributed by atoms with Crippen molar-refractivity contribution in [1.29, 1.82) is 0 Å². The number of benzene rings is 2. The largest absolute Gasteiger partial charge is 0.458 e. The Bertz CT molecular complexity index is 2360. The summed E-state index contributed by atoms with van der Waals surface area (Å²) in [5.41, 5.74) is 2.91. The highest BCUT2D eigenvalue weighted by Gasteiger charge is 2.46.